The predicted octanol–water partition coefficient (Wildman–Crippen LogP) is -2.56. The molecule has 1 aliphatic heterocycles. The van der Waals surface area contributed by atoms with Gasteiger partial charge in [-0.1, -0.05) is 0 Å². The van der Waals surface area contributed by atoms with Gasteiger partial charge in [0.25, 0.3) is 0 Å². The molecule has 0 saturated carbocycles. The van der Waals surface area contributed by atoms with Crippen molar-refractivity contribution in [1.82, 2.24) is 0 Å². The van der Waals surface area contributed by atoms with Gasteiger partial charge in [-0.15, -0.1) is 0 Å². The van der Waals surface area contributed by atoms with Crippen LogP contribution in [-0.4, -0.2) is 73.8 Å². The molecule has 1 fully saturated rings. The quantitative estimate of drug-likeness (QED) is 0.340. The Morgan fingerprint density at radius 1 is 1.27 bits per heavy atom. The zero-order valence-corrected chi connectivity index (χ0v) is 9.31. The molecule has 0 aromatic heterocycles. The van der Waals surface area contributed by atoms with Gasteiger partial charge in [-0.3, -0.25) is 0 Å². The maximum atomic E-state index is 9.54. The number of aliphatic hydroxyl groups is 5. The van der Waals surface area contributed by atoms with E-state index in [2.05, 4.69) is 0 Å². The molecular formula is C9H19O5S+. The molecule has 1 rings (SSSR count). The minimum absolute atomic E-state index is 0.0761. The standard InChI is InChI=1S/C9H19O5S/c10-2-1-6(12)4-15-5-7(13)9(14)8(15)3-11/h6-14H,1-5H2/q+1/t6-,7+,8+,9-,15?/m0/s1. The molecular weight excluding hydrogens is 220 g/mol. The summed E-state index contributed by atoms with van der Waals surface area (Å²) in [6.45, 7) is -0.250. The molecule has 0 aromatic rings. The first kappa shape index (κ1) is 13.2. The minimum Gasteiger partial charge on any atom is -0.396 e. The van der Waals surface area contributed by atoms with Crippen LogP contribution >= 0.6 is 0 Å². The molecule has 0 spiro atoms. The Labute approximate surface area is 91.7 Å². The average molecular weight is 239 g/mol. The maximum absolute atomic E-state index is 9.54. The van der Waals surface area contributed by atoms with Crippen molar-refractivity contribution in [2.45, 2.75) is 30.0 Å². The summed E-state index contributed by atoms with van der Waals surface area (Å²) in [5.41, 5.74) is 0. The molecule has 1 aliphatic rings. The highest BCUT2D eigenvalue weighted by atomic mass is 32.2. The summed E-state index contributed by atoms with van der Waals surface area (Å²) in [5, 5.41) is 45.8. The smallest absolute Gasteiger partial charge is 0.169 e. The van der Waals surface area contributed by atoms with Crippen molar-refractivity contribution in [2.75, 3.05) is 24.7 Å². The molecule has 5 N–H and O–H groups in total. The molecule has 1 unspecified atom stereocenters. The van der Waals surface area contributed by atoms with E-state index in [4.69, 9.17) is 10.2 Å². The van der Waals surface area contributed by atoms with Crippen LogP contribution in [0.2, 0.25) is 0 Å². The van der Waals surface area contributed by atoms with Crippen LogP contribution in [0.5, 0.6) is 0 Å². The second-order valence-electron chi connectivity index (χ2n) is 3.82. The third-order valence-electron chi connectivity index (χ3n) is 2.64. The van der Waals surface area contributed by atoms with Gasteiger partial charge in [0.1, 0.15) is 29.8 Å². The lowest BCUT2D eigenvalue weighted by Crippen LogP contribution is -2.36. The van der Waals surface area contributed by atoms with E-state index in [9.17, 15) is 15.3 Å². The lowest BCUT2D eigenvalue weighted by Gasteiger charge is -2.14. The first-order valence-corrected chi connectivity index (χ1v) is 6.65. The number of hydrogen-bond acceptors (Lipinski definition) is 5. The van der Waals surface area contributed by atoms with Crippen molar-refractivity contribution >= 4 is 10.9 Å². The third kappa shape index (κ3) is 3.30. The topological polar surface area (TPSA) is 101 Å². The Kier molecular flexibility index (Phi) is 5.31. The maximum Gasteiger partial charge on any atom is 0.169 e. The summed E-state index contributed by atoms with van der Waals surface area (Å²) < 4.78 is 0. The first-order valence-electron chi connectivity index (χ1n) is 5.02. The highest BCUT2D eigenvalue weighted by Crippen LogP contribution is 2.24. The van der Waals surface area contributed by atoms with Gasteiger partial charge in [-0.25, -0.2) is 0 Å². The van der Waals surface area contributed by atoms with Crippen LogP contribution in [0.1, 0.15) is 6.42 Å². The Morgan fingerprint density at radius 3 is 2.47 bits per heavy atom. The van der Waals surface area contributed by atoms with Crippen molar-refractivity contribution in [3.63, 3.8) is 0 Å². The van der Waals surface area contributed by atoms with Crippen LogP contribution < -0.4 is 0 Å². The molecule has 0 aromatic carbocycles. The monoisotopic (exact) mass is 239 g/mol. The zero-order valence-electron chi connectivity index (χ0n) is 8.49. The summed E-state index contributed by atoms with van der Waals surface area (Å²) in [6, 6.07) is 0. The van der Waals surface area contributed by atoms with Gasteiger partial charge < -0.3 is 25.5 Å². The van der Waals surface area contributed by atoms with Crippen molar-refractivity contribution < 1.29 is 25.5 Å². The fourth-order valence-electron chi connectivity index (χ4n) is 1.77. The van der Waals surface area contributed by atoms with Crippen molar-refractivity contribution in [3.05, 3.63) is 0 Å². The van der Waals surface area contributed by atoms with Crippen LogP contribution in [0.15, 0.2) is 0 Å². The number of aliphatic hydroxyl groups excluding tert-OH is 5. The molecule has 0 amide bonds. The molecule has 6 heteroatoms. The lowest BCUT2D eigenvalue weighted by atomic mass is 10.2. The van der Waals surface area contributed by atoms with E-state index in [0.717, 1.165) is 0 Å². The van der Waals surface area contributed by atoms with Crippen molar-refractivity contribution in [2.24, 2.45) is 0 Å². The van der Waals surface area contributed by atoms with Crippen LogP contribution in [-0.2, 0) is 10.9 Å². The Morgan fingerprint density at radius 2 is 1.93 bits per heavy atom. The van der Waals surface area contributed by atoms with Gasteiger partial charge >= 0.3 is 0 Å². The molecule has 1 heterocycles. The summed E-state index contributed by atoms with van der Waals surface area (Å²) >= 11 is 0. The molecule has 0 bridgehead atoms. The Balaban J connectivity index is 2.47. The van der Waals surface area contributed by atoms with Crippen molar-refractivity contribution in [3.8, 4) is 0 Å². The number of rotatable bonds is 5. The Hall–Kier alpha value is 0.150. The van der Waals surface area contributed by atoms with Crippen molar-refractivity contribution in [1.29, 1.82) is 0 Å². The normalized spacial score (nSPS) is 38.2. The average Bonchev–Trinajstić information content (AvgIpc) is 2.42. The van der Waals surface area contributed by atoms with Gasteiger partial charge in [0.2, 0.25) is 0 Å². The predicted molar refractivity (Wildman–Crippen MR) is 57.7 cm³/mol. The van der Waals surface area contributed by atoms with E-state index in [1.165, 1.54) is 0 Å². The SMILES string of the molecule is OCC[C@H](O)C[S+]1C[C@@H](O)[C@H](O)[C@H]1CO. The minimum atomic E-state index is -0.889. The lowest BCUT2D eigenvalue weighted by molar-refractivity contribution is 0.0325. The van der Waals surface area contributed by atoms with Gasteiger partial charge in [-0.2, -0.15) is 0 Å². The fraction of sp³-hybridized carbons (Fsp3) is 1.00. The highest BCUT2D eigenvalue weighted by Gasteiger charge is 2.49. The third-order valence-corrected chi connectivity index (χ3v) is 5.50. The summed E-state index contributed by atoms with van der Waals surface area (Å²) in [7, 11) is -0.368. The van der Waals surface area contributed by atoms with E-state index in [1.54, 1.807) is 0 Å². The van der Waals surface area contributed by atoms with Gasteiger partial charge in [0.15, 0.2) is 5.25 Å². The molecule has 90 valence electrons. The molecule has 0 aliphatic carbocycles. The van der Waals surface area contributed by atoms with Gasteiger partial charge in [-0.05, 0) is 0 Å². The van der Waals surface area contributed by atoms with E-state index in [-0.39, 0.29) is 29.4 Å². The summed E-state index contributed by atoms with van der Waals surface area (Å²) in [6.07, 6.45) is -2.01. The van der Waals surface area contributed by atoms with Crippen LogP contribution in [0.3, 0.4) is 0 Å². The molecule has 0 radical (unpaired) electrons. The van der Waals surface area contributed by atoms with E-state index >= 15 is 0 Å². The second kappa shape index (κ2) is 6.03. The fourth-order valence-corrected chi connectivity index (χ4v) is 4.48. The van der Waals surface area contributed by atoms with Crippen LogP contribution in [0.4, 0.5) is 0 Å². The van der Waals surface area contributed by atoms with E-state index in [1.807, 2.05) is 0 Å². The highest BCUT2D eigenvalue weighted by molar-refractivity contribution is 7.97. The van der Waals surface area contributed by atoms with E-state index in [0.29, 0.717) is 17.9 Å². The van der Waals surface area contributed by atoms with E-state index < -0.39 is 18.3 Å². The number of hydrogen-bond donors (Lipinski definition) is 5. The molecule has 1 saturated heterocycles. The van der Waals surface area contributed by atoms with Gasteiger partial charge in [0, 0.05) is 23.9 Å². The largest absolute Gasteiger partial charge is 0.396 e. The molecule has 5 nitrogen and oxygen atoms in total. The molecule has 5 atom stereocenters. The van der Waals surface area contributed by atoms with Crippen LogP contribution in [0.25, 0.3) is 0 Å². The molecule has 15 heavy (non-hydrogen) atoms. The van der Waals surface area contributed by atoms with Crippen LogP contribution in [0, 0.1) is 0 Å². The summed E-state index contributed by atoms with van der Waals surface area (Å²) in [5.74, 6) is 0.856. The second-order valence-corrected chi connectivity index (χ2v) is 6.16. The summed E-state index contributed by atoms with van der Waals surface area (Å²) in [4.78, 5) is 0. The van der Waals surface area contributed by atoms with Gasteiger partial charge in [0.05, 0.1) is 6.61 Å². The zero-order chi connectivity index (χ0) is 11.4. The Bertz CT molecular complexity index is 191. The first-order chi connectivity index (χ1) is 7.10.